The van der Waals surface area contributed by atoms with Gasteiger partial charge >= 0.3 is 0 Å². The molecule has 3 aromatic rings. The highest BCUT2D eigenvalue weighted by molar-refractivity contribution is 7.99. The van der Waals surface area contributed by atoms with Crippen molar-refractivity contribution in [2.24, 2.45) is 5.92 Å². The maximum atomic E-state index is 13.8. The van der Waals surface area contributed by atoms with E-state index in [1.165, 1.54) is 36.6 Å². The van der Waals surface area contributed by atoms with Gasteiger partial charge in [-0.25, -0.2) is 13.9 Å². The lowest BCUT2D eigenvalue weighted by Gasteiger charge is -2.26. The molecule has 0 heterocycles. The summed E-state index contributed by atoms with van der Waals surface area (Å²) in [5, 5.41) is 8.47. The number of amides is 1. The molecule has 6 nitrogen and oxygen atoms in total. The second-order valence-electron chi connectivity index (χ2n) is 8.20. The molecular weight excluding hydrogens is 482 g/mol. The molecule has 0 fully saturated rings. The van der Waals surface area contributed by atoms with Crippen LogP contribution in [0.1, 0.15) is 24.8 Å². The molecule has 0 aliphatic heterocycles. The molecule has 0 aliphatic rings. The molecule has 3 aromatic carbocycles. The molecule has 1 amide bonds. The first-order chi connectivity index (χ1) is 17.0. The van der Waals surface area contributed by atoms with Crippen molar-refractivity contribution in [3.05, 3.63) is 90.5 Å². The molecule has 0 saturated heterocycles. The number of ether oxygens (including phenoxy) is 1. The standard InChI is InChI=1S/C27H31NO5S2/c1-33-22-16-18-24(19-17-22)35(31,32)26(15-9-8-12-21-10-4-2-5-11-21)25(27(29)28-30)20-34-23-13-6-3-7-14-23/h2-7,10-11,13-14,16-19,25-26,30H,8-9,12,15,20H2,1H3,(H,28,29)/t25-,26-/m1/s1. The maximum absolute atomic E-state index is 13.8. The Hall–Kier alpha value is -2.81. The van der Waals surface area contributed by atoms with Crippen LogP contribution in [-0.2, 0) is 21.1 Å². The van der Waals surface area contributed by atoms with Crippen molar-refractivity contribution in [1.29, 1.82) is 0 Å². The summed E-state index contributed by atoms with van der Waals surface area (Å²) in [7, 11) is -2.36. The van der Waals surface area contributed by atoms with Crippen LogP contribution in [0, 0.1) is 5.92 Å². The van der Waals surface area contributed by atoms with Crippen LogP contribution >= 0.6 is 11.8 Å². The number of aryl methyl sites for hydroxylation is 1. The van der Waals surface area contributed by atoms with Crippen LogP contribution in [-0.4, -0.2) is 37.6 Å². The quantitative estimate of drug-likeness (QED) is 0.142. The van der Waals surface area contributed by atoms with E-state index in [1.807, 2.05) is 60.7 Å². The predicted molar refractivity (Wildman–Crippen MR) is 139 cm³/mol. The summed E-state index contributed by atoms with van der Waals surface area (Å²) >= 11 is 1.40. The van der Waals surface area contributed by atoms with E-state index in [0.717, 1.165) is 17.7 Å². The molecule has 2 atom stereocenters. The number of hydrogen-bond donors (Lipinski definition) is 2. The molecule has 2 N–H and O–H groups in total. The predicted octanol–water partition coefficient (Wildman–Crippen LogP) is 5.16. The fourth-order valence-corrected chi connectivity index (χ4v) is 7.19. The van der Waals surface area contributed by atoms with E-state index in [2.05, 4.69) is 0 Å². The summed E-state index contributed by atoms with van der Waals surface area (Å²) in [6.45, 7) is 0. The fourth-order valence-electron chi connectivity index (χ4n) is 3.97. The third-order valence-corrected chi connectivity index (χ3v) is 9.32. The summed E-state index contributed by atoms with van der Waals surface area (Å²) in [6, 6.07) is 25.7. The molecule has 35 heavy (non-hydrogen) atoms. The number of unbranched alkanes of at least 4 members (excludes halogenated alkanes) is 1. The van der Waals surface area contributed by atoms with Gasteiger partial charge in [0.05, 0.1) is 23.2 Å². The highest BCUT2D eigenvalue weighted by Gasteiger charge is 2.38. The smallest absolute Gasteiger partial charge is 0.248 e. The van der Waals surface area contributed by atoms with Crippen LogP contribution in [0.25, 0.3) is 0 Å². The average Bonchev–Trinajstić information content (AvgIpc) is 2.90. The van der Waals surface area contributed by atoms with E-state index >= 15 is 0 Å². The first-order valence-corrected chi connectivity index (χ1v) is 14.0. The molecule has 3 rings (SSSR count). The molecule has 0 saturated carbocycles. The highest BCUT2D eigenvalue weighted by Crippen LogP contribution is 2.31. The maximum Gasteiger partial charge on any atom is 0.248 e. The Balaban J connectivity index is 1.84. The summed E-state index contributed by atoms with van der Waals surface area (Å²) in [4.78, 5) is 13.8. The molecule has 0 aliphatic carbocycles. The molecular formula is C27H31NO5S2. The number of hydrogen-bond acceptors (Lipinski definition) is 6. The number of sulfone groups is 1. The zero-order valence-electron chi connectivity index (χ0n) is 19.7. The Morgan fingerprint density at radius 2 is 1.57 bits per heavy atom. The van der Waals surface area contributed by atoms with Gasteiger partial charge in [-0.2, -0.15) is 0 Å². The Labute approximate surface area is 211 Å². The molecule has 0 bridgehead atoms. The van der Waals surface area contributed by atoms with E-state index in [9.17, 15) is 18.4 Å². The highest BCUT2D eigenvalue weighted by atomic mass is 32.2. The van der Waals surface area contributed by atoms with Crippen molar-refractivity contribution in [3.63, 3.8) is 0 Å². The van der Waals surface area contributed by atoms with Crippen molar-refractivity contribution in [3.8, 4) is 5.75 Å². The SMILES string of the molecule is COc1ccc(S(=O)(=O)[C@H](CCCCc2ccccc2)[C@@H](CSc2ccccc2)C(=O)NO)cc1. The van der Waals surface area contributed by atoms with Crippen LogP contribution in [0.4, 0.5) is 0 Å². The van der Waals surface area contributed by atoms with E-state index in [-0.39, 0.29) is 10.6 Å². The van der Waals surface area contributed by atoms with Crippen LogP contribution in [0.5, 0.6) is 5.75 Å². The molecule has 0 radical (unpaired) electrons. The van der Waals surface area contributed by atoms with Gasteiger partial charge in [-0.3, -0.25) is 10.0 Å². The number of carbonyl (C=O) groups is 1. The average molecular weight is 514 g/mol. The third kappa shape index (κ3) is 7.59. The molecule has 0 aromatic heterocycles. The van der Waals surface area contributed by atoms with Gasteiger partial charge in [-0.05, 0) is 61.2 Å². The zero-order chi connectivity index (χ0) is 25.1. The van der Waals surface area contributed by atoms with E-state index < -0.39 is 26.9 Å². The van der Waals surface area contributed by atoms with Crippen molar-refractivity contribution in [1.82, 2.24) is 5.48 Å². The number of nitrogens with one attached hydrogen (secondary N) is 1. The summed E-state index contributed by atoms with van der Waals surface area (Å²) in [5.41, 5.74) is 2.89. The van der Waals surface area contributed by atoms with Crippen molar-refractivity contribution >= 4 is 27.5 Å². The van der Waals surface area contributed by atoms with Crippen molar-refractivity contribution in [2.75, 3.05) is 12.9 Å². The van der Waals surface area contributed by atoms with Gasteiger partial charge in [0.2, 0.25) is 5.91 Å². The van der Waals surface area contributed by atoms with Gasteiger partial charge in [0, 0.05) is 10.6 Å². The number of rotatable bonds is 13. The first-order valence-electron chi connectivity index (χ1n) is 11.5. The van der Waals surface area contributed by atoms with Crippen molar-refractivity contribution < 1.29 is 23.2 Å². The van der Waals surface area contributed by atoms with Crippen LogP contribution in [0.3, 0.4) is 0 Å². The second-order valence-corrected chi connectivity index (χ2v) is 11.5. The van der Waals surface area contributed by atoms with E-state index in [1.54, 1.807) is 17.6 Å². The lowest BCUT2D eigenvalue weighted by atomic mass is 9.99. The number of thioether (sulfide) groups is 1. The van der Waals surface area contributed by atoms with Gasteiger partial charge in [0.15, 0.2) is 9.84 Å². The minimum Gasteiger partial charge on any atom is -0.497 e. The first kappa shape index (κ1) is 26.8. The molecule has 0 spiro atoms. The minimum absolute atomic E-state index is 0.131. The van der Waals surface area contributed by atoms with Crippen molar-refractivity contribution in [2.45, 2.75) is 40.7 Å². The summed E-state index contributed by atoms with van der Waals surface area (Å²) < 4.78 is 32.7. The number of benzene rings is 3. The molecule has 8 heteroatoms. The number of methoxy groups -OCH3 is 1. The van der Waals surface area contributed by atoms with Crippen LogP contribution in [0.2, 0.25) is 0 Å². The number of hydroxylamine groups is 1. The van der Waals surface area contributed by atoms with Gasteiger partial charge in [0.25, 0.3) is 0 Å². The summed E-state index contributed by atoms with van der Waals surface area (Å²) in [6.07, 6.45) is 2.54. The Bertz CT molecular complexity index is 1150. The Morgan fingerprint density at radius 3 is 2.17 bits per heavy atom. The lowest BCUT2D eigenvalue weighted by Crippen LogP contribution is -2.42. The number of carbonyl (C=O) groups excluding carboxylic acids is 1. The topological polar surface area (TPSA) is 92.7 Å². The molecule has 0 unspecified atom stereocenters. The monoisotopic (exact) mass is 513 g/mol. The van der Waals surface area contributed by atoms with Gasteiger partial charge < -0.3 is 4.74 Å². The normalized spacial score (nSPS) is 13.1. The lowest BCUT2D eigenvalue weighted by molar-refractivity contribution is -0.132. The fraction of sp³-hybridized carbons (Fsp3) is 0.296. The Kier molecular flexibility index (Phi) is 10.2. The van der Waals surface area contributed by atoms with E-state index in [0.29, 0.717) is 18.6 Å². The second kappa shape index (κ2) is 13.3. The van der Waals surface area contributed by atoms with Crippen LogP contribution < -0.4 is 10.2 Å². The van der Waals surface area contributed by atoms with Gasteiger partial charge in [0.1, 0.15) is 5.75 Å². The van der Waals surface area contributed by atoms with Gasteiger partial charge in [-0.15, -0.1) is 11.8 Å². The summed E-state index contributed by atoms with van der Waals surface area (Å²) in [5.74, 6) is -0.866. The largest absolute Gasteiger partial charge is 0.497 e. The van der Waals surface area contributed by atoms with Gasteiger partial charge in [-0.1, -0.05) is 55.0 Å². The third-order valence-electron chi connectivity index (χ3n) is 5.90. The Morgan fingerprint density at radius 1 is 0.943 bits per heavy atom. The van der Waals surface area contributed by atoms with Crippen LogP contribution in [0.15, 0.2) is 94.7 Å². The minimum atomic E-state index is -3.87. The van der Waals surface area contributed by atoms with E-state index in [4.69, 9.17) is 4.74 Å². The zero-order valence-corrected chi connectivity index (χ0v) is 21.3. The molecule has 186 valence electrons.